The van der Waals surface area contributed by atoms with Crippen LogP contribution in [-0.4, -0.2) is 51.4 Å². The maximum atomic E-state index is 6.26. The first-order chi connectivity index (χ1) is 6.92. The summed E-state index contributed by atoms with van der Waals surface area (Å²) in [4.78, 5) is 0. The summed E-state index contributed by atoms with van der Waals surface area (Å²) in [7, 11) is -0.0561. The molecule has 0 aromatic heterocycles. The second-order valence-corrected chi connectivity index (χ2v) is 17.0. The fourth-order valence-electron chi connectivity index (χ4n) is 1.35. The van der Waals surface area contributed by atoms with E-state index in [9.17, 15) is 0 Å². The zero-order chi connectivity index (χ0) is 13.2. The van der Waals surface area contributed by atoms with Crippen molar-refractivity contribution in [3.63, 3.8) is 0 Å². The summed E-state index contributed by atoms with van der Waals surface area (Å²) >= 11 is 0. The van der Waals surface area contributed by atoms with Crippen LogP contribution in [0.4, 0.5) is 0 Å². The Balaban J connectivity index is 4.58. The molecule has 0 atom stereocenters. The van der Waals surface area contributed by atoms with Crippen molar-refractivity contribution < 1.29 is 12.7 Å². The zero-order valence-corrected chi connectivity index (χ0v) is 15.2. The lowest BCUT2D eigenvalue weighted by Crippen LogP contribution is -2.58. The van der Waals surface area contributed by atoms with Crippen LogP contribution in [0.3, 0.4) is 0 Å². The molecular formula is C9H27NO3Si3. The molecule has 0 aliphatic carbocycles. The third-order valence-corrected chi connectivity index (χ3v) is 13.6. The minimum Gasteiger partial charge on any atom is -0.424 e. The van der Waals surface area contributed by atoms with Crippen LogP contribution >= 0.6 is 0 Å². The molecule has 0 aliphatic heterocycles. The highest BCUT2D eigenvalue weighted by atomic mass is 28.5. The summed E-state index contributed by atoms with van der Waals surface area (Å²) in [5, 5.41) is 0. The van der Waals surface area contributed by atoms with Gasteiger partial charge < -0.3 is 17.2 Å². The van der Waals surface area contributed by atoms with Gasteiger partial charge in [-0.2, -0.15) is 0 Å². The standard InChI is InChI=1S/C9H27NO3Si3/c1-10(2)14(4,5)12-16(8,9)13-15(6,7)11-3/h1-9H3. The summed E-state index contributed by atoms with van der Waals surface area (Å²) in [6.07, 6.45) is 0. The Morgan fingerprint density at radius 3 is 1.50 bits per heavy atom. The summed E-state index contributed by atoms with van der Waals surface area (Å²) in [6, 6.07) is 0. The van der Waals surface area contributed by atoms with E-state index in [-0.39, 0.29) is 0 Å². The van der Waals surface area contributed by atoms with Crippen molar-refractivity contribution >= 4 is 25.6 Å². The Labute approximate surface area is 104 Å². The summed E-state index contributed by atoms with van der Waals surface area (Å²) in [6.45, 7) is 12.7. The zero-order valence-electron chi connectivity index (χ0n) is 12.2. The molecule has 0 radical (unpaired) electrons. The Morgan fingerprint density at radius 2 is 1.19 bits per heavy atom. The highest BCUT2D eigenvalue weighted by Crippen LogP contribution is 2.21. The van der Waals surface area contributed by atoms with Gasteiger partial charge in [-0.25, -0.2) is 0 Å². The molecule has 0 rings (SSSR count). The molecule has 0 spiro atoms. The van der Waals surface area contributed by atoms with Crippen molar-refractivity contribution in [2.24, 2.45) is 0 Å². The molecule has 98 valence electrons. The van der Waals surface area contributed by atoms with Crippen LogP contribution in [-0.2, 0) is 12.7 Å². The van der Waals surface area contributed by atoms with E-state index in [0.29, 0.717) is 0 Å². The van der Waals surface area contributed by atoms with Crippen molar-refractivity contribution in [3.05, 3.63) is 0 Å². The number of rotatable bonds is 6. The van der Waals surface area contributed by atoms with Crippen molar-refractivity contribution in [1.82, 2.24) is 4.57 Å². The second kappa shape index (κ2) is 5.42. The second-order valence-electron chi connectivity index (χ2n) is 5.55. The molecule has 7 heteroatoms. The molecule has 0 amide bonds. The van der Waals surface area contributed by atoms with E-state index in [1.807, 2.05) is 0 Å². The minimum atomic E-state index is -2.10. The molecule has 0 heterocycles. The summed E-state index contributed by atoms with van der Waals surface area (Å²) in [5.41, 5.74) is 0. The topological polar surface area (TPSA) is 30.9 Å². The first-order valence-electron chi connectivity index (χ1n) is 5.55. The van der Waals surface area contributed by atoms with Gasteiger partial charge in [0, 0.05) is 7.11 Å². The highest BCUT2D eigenvalue weighted by molar-refractivity contribution is 6.85. The maximum Gasteiger partial charge on any atom is 0.322 e. The van der Waals surface area contributed by atoms with Crippen LogP contribution in [0.15, 0.2) is 0 Å². The van der Waals surface area contributed by atoms with Gasteiger partial charge in [-0.1, -0.05) is 0 Å². The lowest BCUT2D eigenvalue weighted by Gasteiger charge is -2.40. The first kappa shape index (κ1) is 16.5. The Hall–Kier alpha value is 0.491. The maximum absolute atomic E-state index is 6.26. The summed E-state index contributed by atoms with van der Waals surface area (Å²) < 4.78 is 20.0. The van der Waals surface area contributed by atoms with Gasteiger partial charge in [0.2, 0.25) is 0 Å². The molecule has 0 aromatic rings. The van der Waals surface area contributed by atoms with Gasteiger partial charge in [0.25, 0.3) is 8.48 Å². The lowest BCUT2D eigenvalue weighted by molar-refractivity contribution is 0.272. The molecule has 0 saturated heterocycles. The van der Waals surface area contributed by atoms with Gasteiger partial charge in [0.05, 0.1) is 0 Å². The third-order valence-electron chi connectivity index (χ3n) is 2.56. The molecule has 0 saturated carbocycles. The van der Waals surface area contributed by atoms with Gasteiger partial charge in [0.1, 0.15) is 0 Å². The van der Waals surface area contributed by atoms with Crippen LogP contribution < -0.4 is 0 Å². The molecule has 0 bridgehead atoms. The quantitative estimate of drug-likeness (QED) is 0.699. The Kier molecular flexibility index (Phi) is 5.59. The molecule has 4 nitrogen and oxygen atoms in total. The fraction of sp³-hybridized carbons (Fsp3) is 1.00. The monoisotopic (exact) mass is 281 g/mol. The minimum absolute atomic E-state index is 1.71. The van der Waals surface area contributed by atoms with E-state index in [4.69, 9.17) is 12.7 Å². The van der Waals surface area contributed by atoms with E-state index in [1.165, 1.54) is 0 Å². The van der Waals surface area contributed by atoms with Crippen molar-refractivity contribution in [3.8, 4) is 0 Å². The average molecular weight is 282 g/mol. The van der Waals surface area contributed by atoms with Crippen molar-refractivity contribution in [1.29, 1.82) is 0 Å². The SMILES string of the molecule is CO[Si](C)(C)O[Si](C)(C)O[Si](C)(C)N(C)C. The van der Waals surface area contributed by atoms with Crippen molar-refractivity contribution in [2.45, 2.75) is 39.3 Å². The predicted octanol–water partition coefficient (Wildman–Crippen LogP) is 2.33. The number of hydrogen-bond acceptors (Lipinski definition) is 4. The molecule has 0 unspecified atom stereocenters. The van der Waals surface area contributed by atoms with Crippen LogP contribution in [0.1, 0.15) is 0 Å². The first-order valence-corrected chi connectivity index (χ1v) is 14.0. The van der Waals surface area contributed by atoms with Crippen LogP contribution in [0, 0.1) is 0 Å². The smallest absolute Gasteiger partial charge is 0.322 e. The van der Waals surface area contributed by atoms with Crippen molar-refractivity contribution in [2.75, 3.05) is 21.2 Å². The third kappa shape index (κ3) is 5.71. The Morgan fingerprint density at radius 1 is 0.750 bits per heavy atom. The van der Waals surface area contributed by atoms with Gasteiger partial charge in [-0.3, -0.25) is 0 Å². The lowest BCUT2D eigenvalue weighted by atomic mass is 11.3. The largest absolute Gasteiger partial charge is 0.424 e. The normalized spacial score (nSPS) is 14.6. The van der Waals surface area contributed by atoms with Gasteiger partial charge in [-0.05, 0) is 53.4 Å². The van der Waals surface area contributed by atoms with Crippen LogP contribution in [0.2, 0.25) is 39.3 Å². The molecule has 16 heavy (non-hydrogen) atoms. The molecule has 0 aromatic carbocycles. The Bertz CT molecular complexity index is 232. The fourth-order valence-corrected chi connectivity index (χ4v) is 12.5. The highest BCUT2D eigenvalue weighted by Gasteiger charge is 2.41. The van der Waals surface area contributed by atoms with E-state index < -0.39 is 25.6 Å². The van der Waals surface area contributed by atoms with E-state index in [1.54, 1.807) is 7.11 Å². The van der Waals surface area contributed by atoms with Gasteiger partial charge in [0.15, 0.2) is 0 Å². The molecule has 0 fully saturated rings. The average Bonchev–Trinajstić information content (AvgIpc) is 1.99. The number of hydrogen-bond donors (Lipinski definition) is 0. The van der Waals surface area contributed by atoms with E-state index in [2.05, 4.69) is 57.9 Å². The van der Waals surface area contributed by atoms with E-state index in [0.717, 1.165) is 0 Å². The van der Waals surface area contributed by atoms with E-state index >= 15 is 0 Å². The molecule has 0 aliphatic rings. The molecule has 0 N–H and O–H groups in total. The van der Waals surface area contributed by atoms with Crippen LogP contribution in [0.25, 0.3) is 0 Å². The predicted molar refractivity (Wildman–Crippen MR) is 75.3 cm³/mol. The van der Waals surface area contributed by atoms with Gasteiger partial charge in [-0.15, -0.1) is 0 Å². The molecular weight excluding hydrogens is 254 g/mol. The summed E-state index contributed by atoms with van der Waals surface area (Å²) in [5.74, 6) is 0. The van der Waals surface area contributed by atoms with Gasteiger partial charge >= 0.3 is 17.1 Å². The number of nitrogens with zero attached hydrogens (tertiary/aromatic N) is 1. The van der Waals surface area contributed by atoms with Crippen LogP contribution in [0.5, 0.6) is 0 Å².